The number of nitrogens with zero attached hydrogens (tertiary/aromatic N) is 2. The summed E-state index contributed by atoms with van der Waals surface area (Å²) < 4.78 is 7.02. The number of esters is 1. The van der Waals surface area contributed by atoms with E-state index in [9.17, 15) is 19.6 Å². The first kappa shape index (κ1) is 26.7. The van der Waals surface area contributed by atoms with Crippen molar-refractivity contribution in [3.63, 3.8) is 0 Å². The van der Waals surface area contributed by atoms with Crippen molar-refractivity contribution in [3.8, 4) is 17.2 Å². The van der Waals surface area contributed by atoms with E-state index >= 15 is 0 Å². The molecule has 0 spiro atoms. The third-order valence-electron chi connectivity index (χ3n) is 7.06. The maximum Gasteiger partial charge on any atom is 0.356 e. The fourth-order valence-corrected chi connectivity index (χ4v) is 6.45. The van der Waals surface area contributed by atoms with Gasteiger partial charge in [0.05, 0.1) is 5.56 Å². The van der Waals surface area contributed by atoms with Crippen LogP contribution in [0.25, 0.3) is 21.9 Å². The van der Waals surface area contributed by atoms with Gasteiger partial charge < -0.3 is 14.6 Å². The van der Waals surface area contributed by atoms with Crippen LogP contribution in [0.5, 0.6) is 0 Å². The van der Waals surface area contributed by atoms with E-state index in [0.29, 0.717) is 37.5 Å². The van der Waals surface area contributed by atoms with Crippen LogP contribution in [0.2, 0.25) is 5.02 Å². The van der Waals surface area contributed by atoms with E-state index in [-0.39, 0.29) is 17.7 Å². The Morgan fingerprint density at radius 1 is 1.13 bits per heavy atom. The first-order valence-electron chi connectivity index (χ1n) is 12.8. The molecule has 2 aromatic heterocycles. The van der Waals surface area contributed by atoms with Crippen molar-refractivity contribution < 1.29 is 14.3 Å². The summed E-state index contributed by atoms with van der Waals surface area (Å²) in [5.74, 6) is -1.31. The average Bonchev–Trinajstić information content (AvgIpc) is 3.30. The summed E-state index contributed by atoms with van der Waals surface area (Å²) in [5.41, 5.74) is 2.38. The van der Waals surface area contributed by atoms with Crippen LogP contribution in [-0.4, -0.2) is 22.5 Å². The second kappa shape index (κ2) is 11.0. The van der Waals surface area contributed by atoms with E-state index < -0.39 is 18.0 Å². The first-order valence-corrected chi connectivity index (χ1v) is 14.0. The number of ether oxygens (including phenoxy) is 1. The molecule has 7 nitrogen and oxygen atoms in total. The number of hydrogen-bond donors (Lipinski definition) is 1. The number of carbonyl (C=O) groups excluding carboxylic acids is 2. The van der Waals surface area contributed by atoms with E-state index in [2.05, 4.69) is 11.4 Å². The molecule has 1 unspecified atom stereocenters. The smallest absolute Gasteiger partial charge is 0.356 e. The molecular weight excluding hydrogens is 534 g/mol. The fourth-order valence-electron chi connectivity index (χ4n) is 5.08. The van der Waals surface area contributed by atoms with Crippen LogP contribution in [0.1, 0.15) is 52.7 Å². The third-order valence-corrected chi connectivity index (χ3v) is 8.52. The van der Waals surface area contributed by atoms with Crippen LogP contribution < -0.4 is 10.9 Å². The molecule has 1 amide bonds. The normalized spacial score (nSPS) is 13.4. The molecule has 1 atom stereocenters. The van der Waals surface area contributed by atoms with Gasteiger partial charge in [-0.2, -0.15) is 5.26 Å². The lowest BCUT2D eigenvalue weighted by Crippen LogP contribution is -2.34. The summed E-state index contributed by atoms with van der Waals surface area (Å²) in [6.07, 6.45) is 2.87. The minimum Gasteiger partial charge on any atom is -0.448 e. The van der Waals surface area contributed by atoms with Gasteiger partial charge in [0.2, 0.25) is 0 Å². The van der Waals surface area contributed by atoms with Gasteiger partial charge in [0, 0.05) is 27.9 Å². The number of halogens is 1. The van der Waals surface area contributed by atoms with E-state index in [1.54, 1.807) is 55.5 Å². The van der Waals surface area contributed by atoms with Crippen molar-refractivity contribution in [2.75, 3.05) is 5.32 Å². The van der Waals surface area contributed by atoms with E-state index in [1.807, 2.05) is 0 Å². The second-order valence-electron chi connectivity index (χ2n) is 9.46. The first-order chi connectivity index (χ1) is 18.8. The molecule has 1 N–H and O–H groups in total. The van der Waals surface area contributed by atoms with Crippen molar-refractivity contribution in [1.82, 2.24) is 4.57 Å². The zero-order chi connectivity index (χ0) is 27.7. The molecule has 5 rings (SSSR count). The number of aryl methyl sites for hydroxylation is 1. The van der Waals surface area contributed by atoms with E-state index in [4.69, 9.17) is 16.3 Å². The quantitative estimate of drug-likeness (QED) is 0.282. The summed E-state index contributed by atoms with van der Waals surface area (Å²) in [7, 11) is 1.52. The average molecular weight is 560 g/mol. The van der Waals surface area contributed by atoms with Gasteiger partial charge in [0.15, 0.2) is 6.10 Å². The molecule has 1 aliphatic rings. The summed E-state index contributed by atoms with van der Waals surface area (Å²) in [5, 5.41) is 14.6. The summed E-state index contributed by atoms with van der Waals surface area (Å²) in [6.45, 7) is 1.74. The Kier molecular flexibility index (Phi) is 7.56. The van der Waals surface area contributed by atoms with Gasteiger partial charge in [0.25, 0.3) is 11.5 Å². The zero-order valence-corrected chi connectivity index (χ0v) is 23.1. The number of fused-ring (bicyclic) bond motifs is 2. The lowest BCUT2D eigenvalue weighted by molar-refractivity contribution is -0.124. The third kappa shape index (κ3) is 4.96. The van der Waals surface area contributed by atoms with Gasteiger partial charge in [-0.05, 0) is 66.8 Å². The van der Waals surface area contributed by atoms with Gasteiger partial charge in [-0.1, -0.05) is 48.9 Å². The summed E-state index contributed by atoms with van der Waals surface area (Å²) in [4.78, 5) is 41.3. The van der Waals surface area contributed by atoms with Crippen LogP contribution in [0.4, 0.5) is 5.00 Å². The topological polar surface area (TPSA) is 101 Å². The van der Waals surface area contributed by atoms with Gasteiger partial charge >= 0.3 is 5.97 Å². The Hall–Kier alpha value is -3.93. The number of anilines is 1. The Labute approximate surface area is 234 Å². The Bertz CT molecular complexity index is 1700. The molecule has 0 saturated carbocycles. The maximum absolute atomic E-state index is 13.7. The molecule has 39 heavy (non-hydrogen) atoms. The Balaban J connectivity index is 1.51. The van der Waals surface area contributed by atoms with Crippen LogP contribution in [0.3, 0.4) is 0 Å². The van der Waals surface area contributed by atoms with Gasteiger partial charge in [-0.3, -0.25) is 9.59 Å². The minimum absolute atomic E-state index is 0.0385. The number of thiophene rings is 1. The largest absolute Gasteiger partial charge is 0.448 e. The predicted molar refractivity (Wildman–Crippen MR) is 153 cm³/mol. The second-order valence-corrected chi connectivity index (χ2v) is 11.0. The number of aromatic nitrogens is 1. The number of nitrogens with one attached hydrogen (secondary N) is 1. The molecule has 0 saturated heterocycles. The Morgan fingerprint density at radius 3 is 2.51 bits per heavy atom. The molecule has 0 fully saturated rings. The number of amides is 1. The van der Waals surface area contributed by atoms with Crippen molar-refractivity contribution in [2.24, 2.45) is 7.05 Å². The maximum atomic E-state index is 13.7. The van der Waals surface area contributed by atoms with E-state index in [0.717, 1.165) is 36.1 Å². The number of hydrogen-bond acceptors (Lipinski definition) is 6. The molecule has 0 aliphatic heterocycles. The summed E-state index contributed by atoms with van der Waals surface area (Å²) in [6, 6.07) is 16.3. The highest BCUT2D eigenvalue weighted by molar-refractivity contribution is 7.16. The molecule has 198 valence electrons. The number of nitriles is 1. The van der Waals surface area contributed by atoms with Crippen molar-refractivity contribution in [3.05, 3.63) is 85.6 Å². The predicted octanol–water partition coefficient (Wildman–Crippen LogP) is 6.24. The number of benzene rings is 2. The summed E-state index contributed by atoms with van der Waals surface area (Å²) >= 11 is 7.52. The lowest BCUT2D eigenvalue weighted by atomic mass is 9.96. The van der Waals surface area contributed by atoms with Gasteiger partial charge in [-0.25, -0.2) is 4.79 Å². The van der Waals surface area contributed by atoms with Crippen molar-refractivity contribution >= 4 is 50.6 Å². The molecular formula is C30H26ClN3O4S. The van der Waals surface area contributed by atoms with Gasteiger partial charge in [-0.15, -0.1) is 11.3 Å². The fraction of sp³-hybridized carbons (Fsp3) is 0.267. The number of pyridine rings is 1. The molecule has 2 heterocycles. The Morgan fingerprint density at radius 2 is 1.82 bits per heavy atom. The lowest BCUT2D eigenvalue weighted by Gasteiger charge is -2.20. The molecule has 1 aliphatic carbocycles. The molecule has 0 bridgehead atoms. The van der Waals surface area contributed by atoms with Crippen LogP contribution >= 0.6 is 22.9 Å². The monoisotopic (exact) mass is 559 g/mol. The van der Waals surface area contributed by atoms with Crippen molar-refractivity contribution in [2.45, 2.75) is 45.1 Å². The van der Waals surface area contributed by atoms with Crippen molar-refractivity contribution in [1.29, 1.82) is 5.26 Å². The van der Waals surface area contributed by atoms with Crippen LogP contribution in [-0.2, 0) is 29.4 Å². The number of rotatable bonds is 6. The van der Waals surface area contributed by atoms with Gasteiger partial charge in [0.1, 0.15) is 16.8 Å². The molecule has 9 heteroatoms. The van der Waals surface area contributed by atoms with Crippen LogP contribution in [0.15, 0.2) is 53.3 Å². The highest BCUT2D eigenvalue weighted by Gasteiger charge is 2.29. The number of carbonyl (C=O) groups is 2. The highest BCUT2D eigenvalue weighted by atomic mass is 35.5. The zero-order valence-electron chi connectivity index (χ0n) is 21.5. The minimum atomic E-state index is -1.12. The highest BCUT2D eigenvalue weighted by Crippen LogP contribution is 2.38. The molecule has 4 aromatic rings. The van der Waals surface area contributed by atoms with Crippen LogP contribution in [0, 0.1) is 11.3 Å². The van der Waals surface area contributed by atoms with E-state index in [1.165, 1.54) is 23.0 Å². The standard InChI is InChI=1S/C30H26ClN3O4S/c1-3-23(27(35)33-28-22(16-32)19-8-6-7-11-24(19)39-28)38-30(37)26-25(17-12-14-18(31)15-13-17)20-9-4-5-10-21(20)29(36)34(26)2/h4-5,9-10,12-15,23H,3,6-8,11H2,1-2H3,(H,33,35). The molecule has 0 radical (unpaired) electrons. The molecule has 2 aromatic carbocycles. The SMILES string of the molecule is CCC(OC(=O)c1c(-c2ccc(Cl)cc2)c2ccccc2c(=O)n1C)C(=O)Nc1sc2c(c1C#N)CCCC2.